The van der Waals surface area contributed by atoms with Crippen LogP contribution in [0.4, 0.5) is 0 Å². The molecule has 4 nitrogen and oxygen atoms in total. The van der Waals surface area contributed by atoms with Crippen molar-refractivity contribution in [2.24, 2.45) is 0 Å². The standard InChI is InChI=1S/C13H27N3O/c1-13(2,3)15-10-9-14-8-4-5-12(17)16-11-6-7-11/h11,14-15H,4-10H2,1-3H3,(H,16,17). The normalized spacial score (nSPS) is 15.9. The Hall–Kier alpha value is -0.610. The van der Waals surface area contributed by atoms with Crippen molar-refractivity contribution in [3.63, 3.8) is 0 Å². The Labute approximate surface area is 105 Å². The van der Waals surface area contributed by atoms with Crippen molar-refractivity contribution < 1.29 is 4.79 Å². The average molecular weight is 241 g/mol. The van der Waals surface area contributed by atoms with E-state index in [9.17, 15) is 4.79 Å². The van der Waals surface area contributed by atoms with Crippen LogP contribution in [0.5, 0.6) is 0 Å². The fraction of sp³-hybridized carbons (Fsp3) is 0.923. The van der Waals surface area contributed by atoms with Gasteiger partial charge in [-0.1, -0.05) is 0 Å². The number of rotatable bonds is 8. The van der Waals surface area contributed by atoms with Crippen LogP contribution >= 0.6 is 0 Å². The highest BCUT2D eigenvalue weighted by Gasteiger charge is 2.22. The van der Waals surface area contributed by atoms with Crippen molar-refractivity contribution in [1.82, 2.24) is 16.0 Å². The van der Waals surface area contributed by atoms with E-state index in [1.807, 2.05) is 0 Å². The summed E-state index contributed by atoms with van der Waals surface area (Å²) in [6, 6.07) is 0.492. The van der Waals surface area contributed by atoms with Gasteiger partial charge in [-0.2, -0.15) is 0 Å². The molecule has 0 atom stereocenters. The summed E-state index contributed by atoms with van der Waals surface area (Å²) in [6.07, 6.45) is 3.91. The van der Waals surface area contributed by atoms with Crippen molar-refractivity contribution in [3.05, 3.63) is 0 Å². The van der Waals surface area contributed by atoms with Gasteiger partial charge in [0.2, 0.25) is 5.91 Å². The van der Waals surface area contributed by atoms with Crippen LogP contribution in [0.1, 0.15) is 46.5 Å². The van der Waals surface area contributed by atoms with E-state index in [0.29, 0.717) is 12.5 Å². The second-order valence-electron chi connectivity index (χ2n) is 5.87. The monoisotopic (exact) mass is 241 g/mol. The molecule has 1 rings (SSSR count). The third kappa shape index (κ3) is 9.12. The number of carbonyl (C=O) groups excluding carboxylic acids is 1. The lowest BCUT2D eigenvalue weighted by Gasteiger charge is -2.20. The zero-order chi connectivity index (χ0) is 12.7. The van der Waals surface area contributed by atoms with E-state index in [2.05, 4.69) is 36.7 Å². The molecule has 0 aliphatic heterocycles. The second kappa shape index (κ2) is 6.97. The highest BCUT2D eigenvalue weighted by Crippen LogP contribution is 2.18. The fourth-order valence-corrected chi connectivity index (χ4v) is 1.55. The maximum absolute atomic E-state index is 11.4. The second-order valence-corrected chi connectivity index (χ2v) is 5.87. The van der Waals surface area contributed by atoms with Gasteiger partial charge in [-0.3, -0.25) is 4.79 Å². The number of amides is 1. The molecule has 0 bridgehead atoms. The summed E-state index contributed by atoms with van der Waals surface area (Å²) in [6.45, 7) is 9.34. The smallest absolute Gasteiger partial charge is 0.220 e. The van der Waals surface area contributed by atoms with E-state index in [4.69, 9.17) is 0 Å². The number of carbonyl (C=O) groups is 1. The van der Waals surface area contributed by atoms with Crippen LogP contribution in [-0.4, -0.2) is 37.1 Å². The molecule has 3 N–H and O–H groups in total. The topological polar surface area (TPSA) is 53.2 Å². The molecule has 0 radical (unpaired) electrons. The Bertz CT molecular complexity index is 231. The van der Waals surface area contributed by atoms with Crippen LogP contribution < -0.4 is 16.0 Å². The summed E-state index contributed by atoms with van der Waals surface area (Å²) in [5.74, 6) is 0.210. The largest absolute Gasteiger partial charge is 0.353 e. The zero-order valence-electron chi connectivity index (χ0n) is 11.4. The van der Waals surface area contributed by atoms with Gasteiger partial charge in [-0.05, 0) is 46.6 Å². The Kier molecular flexibility index (Phi) is 5.92. The van der Waals surface area contributed by atoms with Gasteiger partial charge in [-0.25, -0.2) is 0 Å². The van der Waals surface area contributed by atoms with Crippen molar-refractivity contribution >= 4 is 5.91 Å². The molecule has 4 heteroatoms. The molecule has 0 aromatic carbocycles. The zero-order valence-corrected chi connectivity index (χ0v) is 11.4. The van der Waals surface area contributed by atoms with Gasteiger partial charge in [-0.15, -0.1) is 0 Å². The van der Waals surface area contributed by atoms with Crippen molar-refractivity contribution in [3.8, 4) is 0 Å². The lowest BCUT2D eigenvalue weighted by atomic mass is 10.1. The maximum Gasteiger partial charge on any atom is 0.220 e. The predicted octanol–water partition coefficient (Wildman–Crippen LogP) is 1.02. The van der Waals surface area contributed by atoms with Crippen LogP contribution in [0.3, 0.4) is 0 Å². The molecule has 1 fully saturated rings. The van der Waals surface area contributed by atoms with Crippen molar-refractivity contribution in [2.75, 3.05) is 19.6 Å². The Morgan fingerprint density at radius 1 is 1.18 bits per heavy atom. The molecule has 1 aliphatic carbocycles. The first-order valence-electron chi connectivity index (χ1n) is 6.72. The highest BCUT2D eigenvalue weighted by molar-refractivity contribution is 5.76. The molecule has 0 heterocycles. The molecule has 1 aliphatic rings. The third-order valence-electron chi connectivity index (χ3n) is 2.66. The summed E-state index contributed by atoms with van der Waals surface area (Å²) in [7, 11) is 0. The van der Waals surface area contributed by atoms with Gasteiger partial charge in [0.05, 0.1) is 0 Å². The Balaban J connectivity index is 1.82. The molecular formula is C13H27N3O. The van der Waals surface area contributed by atoms with Crippen LogP contribution in [-0.2, 0) is 4.79 Å². The molecule has 0 spiro atoms. The molecule has 0 aromatic heterocycles. The van der Waals surface area contributed by atoms with E-state index in [1.54, 1.807) is 0 Å². The van der Waals surface area contributed by atoms with Crippen LogP contribution in [0.25, 0.3) is 0 Å². The van der Waals surface area contributed by atoms with E-state index < -0.39 is 0 Å². The van der Waals surface area contributed by atoms with Crippen molar-refractivity contribution in [1.29, 1.82) is 0 Å². The molecule has 17 heavy (non-hydrogen) atoms. The Morgan fingerprint density at radius 3 is 2.47 bits per heavy atom. The SMILES string of the molecule is CC(C)(C)NCCNCCCC(=O)NC1CC1. The van der Waals surface area contributed by atoms with Gasteiger partial charge >= 0.3 is 0 Å². The first-order valence-corrected chi connectivity index (χ1v) is 6.72. The molecule has 1 amide bonds. The Morgan fingerprint density at radius 2 is 1.88 bits per heavy atom. The quantitative estimate of drug-likeness (QED) is 0.556. The fourth-order valence-electron chi connectivity index (χ4n) is 1.55. The first kappa shape index (κ1) is 14.5. The minimum absolute atomic E-state index is 0.186. The number of nitrogens with one attached hydrogen (secondary N) is 3. The molecule has 0 unspecified atom stereocenters. The maximum atomic E-state index is 11.4. The van der Waals surface area contributed by atoms with Gasteiger partial charge in [0.25, 0.3) is 0 Å². The number of hydrogen-bond donors (Lipinski definition) is 3. The molecule has 100 valence electrons. The minimum Gasteiger partial charge on any atom is -0.353 e. The highest BCUT2D eigenvalue weighted by atomic mass is 16.1. The lowest BCUT2D eigenvalue weighted by molar-refractivity contribution is -0.121. The van der Waals surface area contributed by atoms with Gasteiger partial charge in [0, 0.05) is 31.1 Å². The third-order valence-corrected chi connectivity index (χ3v) is 2.66. The predicted molar refractivity (Wildman–Crippen MR) is 71.0 cm³/mol. The summed E-state index contributed by atoms with van der Waals surface area (Å²) >= 11 is 0. The summed E-state index contributed by atoms with van der Waals surface area (Å²) in [5, 5.41) is 9.75. The summed E-state index contributed by atoms with van der Waals surface area (Å²) in [4.78, 5) is 11.4. The lowest BCUT2D eigenvalue weighted by Crippen LogP contribution is -2.40. The van der Waals surface area contributed by atoms with E-state index in [0.717, 1.165) is 26.1 Å². The van der Waals surface area contributed by atoms with Gasteiger partial charge in [0.1, 0.15) is 0 Å². The molecule has 0 saturated heterocycles. The van der Waals surface area contributed by atoms with Gasteiger partial charge in [0.15, 0.2) is 0 Å². The van der Waals surface area contributed by atoms with E-state index in [-0.39, 0.29) is 11.4 Å². The van der Waals surface area contributed by atoms with Crippen molar-refractivity contribution in [2.45, 2.75) is 58.0 Å². The molecule has 1 saturated carbocycles. The van der Waals surface area contributed by atoms with Crippen LogP contribution in [0, 0.1) is 0 Å². The van der Waals surface area contributed by atoms with Gasteiger partial charge < -0.3 is 16.0 Å². The van der Waals surface area contributed by atoms with Crippen LogP contribution in [0.15, 0.2) is 0 Å². The van der Waals surface area contributed by atoms with E-state index >= 15 is 0 Å². The average Bonchev–Trinajstić information content (AvgIpc) is 2.98. The summed E-state index contributed by atoms with van der Waals surface area (Å²) < 4.78 is 0. The molecule has 0 aromatic rings. The van der Waals surface area contributed by atoms with Crippen LogP contribution in [0.2, 0.25) is 0 Å². The van der Waals surface area contributed by atoms with E-state index in [1.165, 1.54) is 12.8 Å². The summed E-state index contributed by atoms with van der Waals surface area (Å²) in [5.41, 5.74) is 0.186. The molecular weight excluding hydrogens is 214 g/mol. The number of hydrogen-bond acceptors (Lipinski definition) is 3. The minimum atomic E-state index is 0.186. The first-order chi connectivity index (χ1) is 7.97.